The molecule has 1 saturated heterocycles. The number of carbonyl (C=O) groups is 3. The van der Waals surface area contributed by atoms with E-state index in [1.807, 2.05) is 11.9 Å². The maximum Gasteiger partial charge on any atom is 0.409 e. The fourth-order valence-electron chi connectivity index (χ4n) is 6.73. The summed E-state index contributed by atoms with van der Waals surface area (Å²) in [6.07, 6.45) is -4.52. The third kappa shape index (κ3) is 9.85. The summed E-state index contributed by atoms with van der Waals surface area (Å²) in [5, 5.41) is 51.8. The molecule has 1 saturated carbocycles. The van der Waals surface area contributed by atoms with Crippen molar-refractivity contribution in [3.63, 3.8) is 0 Å². The van der Waals surface area contributed by atoms with Crippen LogP contribution in [0.25, 0.3) is 11.0 Å². The number of rotatable bonds is 14. The number of anilines is 1. The van der Waals surface area contributed by atoms with Crippen LogP contribution >= 0.6 is 0 Å². The van der Waals surface area contributed by atoms with Crippen LogP contribution < -0.4 is 14.4 Å². The second-order valence-corrected chi connectivity index (χ2v) is 16.0. The number of carboxylic acids is 1. The van der Waals surface area contributed by atoms with E-state index in [1.165, 1.54) is 40.9 Å². The van der Waals surface area contributed by atoms with Crippen LogP contribution in [0.1, 0.15) is 31.2 Å². The van der Waals surface area contributed by atoms with E-state index in [2.05, 4.69) is 14.7 Å². The summed E-state index contributed by atoms with van der Waals surface area (Å²) >= 11 is 0. The maximum atomic E-state index is 13.5. The van der Waals surface area contributed by atoms with Crippen LogP contribution in [0, 0.1) is 16.0 Å². The summed E-state index contributed by atoms with van der Waals surface area (Å²) in [4.78, 5) is 62.2. The standard InChI is InChI=1S/C34H46N8O14S/c1-35-57(52,53)17-19-5-8-21(9-6-19)40(4)29-22-11-12-41(30(22)37-18-36-29)33(48)38(2)13-14-39(3)34(49)54-16-20-7-10-24(23(15-20)42(50)51)55-32-27(45)25(43)26(44)28(56-32)31(46)47/h7,10-12,15,18-19,21,25-28,32,35,43-45H,5-6,8-9,13-14,16-17H2,1-4H3,(H,46,47)/t19-,21-,25-,26-,27+,28-,32+/m0/s1. The van der Waals surface area contributed by atoms with Crippen LogP contribution in [0.3, 0.4) is 0 Å². The summed E-state index contributed by atoms with van der Waals surface area (Å²) in [6.45, 7) is -0.259. The van der Waals surface area contributed by atoms with Crippen LogP contribution in [0.15, 0.2) is 36.8 Å². The number of nitro benzene ring substituents is 1. The third-order valence-electron chi connectivity index (χ3n) is 10.2. The second-order valence-electron chi connectivity index (χ2n) is 14.0. The van der Waals surface area contributed by atoms with Crippen LogP contribution in [-0.2, 0) is 30.9 Å². The van der Waals surface area contributed by atoms with Crippen LogP contribution in [0.5, 0.6) is 5.75 Å². The molecular formula is C34H46N8O14S. The molecule has 0 bridgehead atoms. The molecule has 1 aliphatic carbocycles. The van der Waals surface area contributed by atoms with Gasteiger partial charge in [0, 0.05) is 52.5 Å². The number of aromatic nitrogens is 3. The van der Waals surface area contributed by atoms with Crippen molar-refractivity contribution >= 4 is 50.7 Å². The Hall–Kier alpha value is -5.20. The number of carboxylic acid groups (broad SMARTS) is 1. The highest BCUT2D eigenvalue weighted by Crippen LogP contribution is 2.34. The first kappa shape index (κ1) is 42.9. The van der Waals surface area contributed by atoms with Crippen LogP contribution in [-0.4, -0.2) is 160 Å². The van der Waals surface area contributed by atoms with Gasteiger partial charge in [0.15, 0.2) is 17.5 Å². The minimum atomic E-state index is -3.29. The number of nitro groups is 1. The average Bonchev–Trinajstić information content (AvgIpc) is 3.63. The molecule has 2 amide bonds. The number of amides is 2. The Bertz CT molecular complexity index is 2060. The van der Waals surface area contributed by atoms with Gasteiger partial charge in [-0.15, -0.1) is 0 Å². The van der Waals surface area contributed by atoms with Crippen molar-refractivity contribution in [1.82, 2.24) is 29.1 Å². The number of sulfonamides is 1. The summed E-state index contributed by atoms with van der Waals surface area (Å²) in [7, 11) is 3.04. The number of aliphatic hydroxyl groups is 3. The minimum Gasteiger partial charge on any atom is -0.479 e. The van der Waals surface area contributed by atoms with E-state index in [0.717, 1.165) is 37.8 Å². The number of aliphatic hydroxyl groups excluding tert-OH is 3. The van der Waals surface area contributed by atoms with Crippen molar-refractivity contribution in [2.45, 2.75) is 69.0 Å². The summed E-state index contributed by atoms with van der Waals surface area (Å²) in [5.74, 6) is -1.31. The van der Waals surface area contributed by atoms with Gasteiger partial charge in [-0.05, 0) is 56.3 Å². The molecule has 0 spiro atoms. The largest absolute Gasteiger partial charge is 0.479 e. The van der Waals surface area contributed by atoms with Gasteiger partial charge in [0.25, 0.3) is 0 Å². The van der Waals surface area contributed by atoms with Crippen molar-refractivity contribution in [3.05, 3.63) is 52.5 Å². The summed E-state index contributed by atoms with van der Waals surface area (Å²) in [5.41, 5.74) is -0.0883. The Labute approximate surface area is 326 Å². The predicted molar refractivity (Wildman–Crippen MR) is 199 cm³/mol. The molecule has 5 rings (SSSR count). The van der Waals surface area contributed by atoms with Gasteiger partial charge in [-0.25, -0.2) is 37.5 Å². The number of nitrogens with one attached hydrogen (secondary N) is 1. The Balaban J connectivity index is 1.14. The number of nitrogens with zero attached hydrogens (tertiary/aromatic N) is 7. The molecule has 5 N–H and O–H groups in total. The highest BCUT2D eigenvalue weighted by atomic mass is 32.2. The van der Waals surface area contributed by atoms with Gasteiger partial charge in [-0.3, -0.25) is 14.7 Å². The molecule has 22 nitrogen and oxygen atoms in total. The normalized spacial score (nSPS) is 23.7. The van der Waals surface area contributed by atoms with E-state index < -0.39 is 81.8 Å². The summed E-state index contributed by atoms with van der Waals surface area (Å²) < 4.78 is 43.5. The minimum absolute atomic E-state index is 0.0517. The zero-order chi connectivity index (χ0) is 41.8. The number of likely N-dealkylation sites (N-methyl/N-ethyl adjacent to an activating group) is 2. The lowest BCUT2D eigenvalue weighted by atomic mass is 9.86. The number of fused-ring (bicyclic) bond motifs is 1. The number of hydrogen-bond donors (Lipinski definition) is 5. The van der Waals surface area contributed by atoms with Crippen LogP contribution in [0.2, 0.25) is 0 Å². The van der Waals surface area contributed by atoms with Crippen molar-refractivity contribution in [2.75, 3.05) is 51.9 Å². The maximum absolute atomic E-state index is 13.5. The zero-order valence-corrected chi connectivity index (χ0v) is 32.4. The SMILES string of the molecule is CNS(=O)(=O)C[C@H]1CC[C@H](N(C)c2ncnc3c2ccn3C(=O)N(C)CCN(C)C(=O)OCc2ccc(O[C@@H]3O[C@H](C(=O)O)[C@@H](O)[C@H](O)[C@H]3O)c([N+](=O)[O-])c2)CC1. The number of carbonyl (C=O) groups excluding carboxylic acids is 2. The molecule has 2 aliphatic rings. The number of benzene rings is 1. The first-order valence-corrected chi connectivity index (χ1v) is 19.5. The lowest BCUT2D eigenvalue weighted by Gasteiger charge is -2.38. The van der Waals surface area contributed by atoms with Gasteiger partial charge in [0.05, 0.1) is 16.1 Å². The topological polar surface area (TPSA) is 290 Å². The van der Waals surface area contributed by atoms with E-state index in [9.17, 15) is 53.3 Å². The zero-order valence-electron chi connectivity index (χ0n) is 31.6. The Kier molecular flexibility index (Phi) is 13.5. The number of aliphatic carboxylic acids is 1. The lowest BCUT2D eigenvalue weighted by Crippen LogP contribution is -2.61. The number of ether oxygens (including phenoxy) is 3. The third-order valence-corrected chi connectivity index (χ3v) is 11.7. The van der Waals surface area contributed by atoms with E-state index in [4.69, 9.17) is 14.2 Å². The monoisotopic (exact) mass is 822 g/mol. The van der Waals surface area contributed by atoms with Gasteiger partial charge in [-0.2, -0.15) is 0 Å². The molecular weight excluding hydrogens is 776 g/mol. The van der Waals surface area contributed by atoms with E-state index in [0.29, 0.717) is 16.9 Å². The molecule has 57 heavy (non-hydrogen) atoms. The first-order valence-electron chi connectivity index (χ1n) is 17.9. The first-order chi connectivity index (χ1) is 26.9. The van der Waals surface area contributed by atoms with Gasteiger partial charge in [0.1, 0.15) is 37.1 Å². The molecule has 2 aromatic heterocycles. The highest BCUT2D eigenvalue weighted by Gasteiger charge is 2.48. The molecule has 3 heterocycles. The lowest BCUT2D eigenvalue weighted by molar-refractivity contribution is -0.387. The Morgan fingerprint density at radius 1 is 1.02 bits per heavy atom. The van der Waals surface area contributed by atoms with Crippen molar-refractivity contribution in [1.29, 1.82) is 0 Å². The van der Waals surface area contributed by atoms with Gasteiger partial charge in [-0.1, -0.05) is 6.07 Å². The number of hydrogen-bond acceptors (Lipinski definition) is 16. The predicted octanol–water partition coefficient (Wildman–Crippen LogP) is 0.323. The average molecular weight is 823 g/mol. The van der Waals surface area contributed by atoms with E-state index >= 15 is 0 Å². The smallest absolute Gasteiger partial charge is 0.409 e. The van der Waals surface area contributed by atoms with Gasteiger partial charge < -0.3 is 49.3 Å². The highest BCUT2D eigenvalue weighted by molar-refractivity contribution is 7.89. The van der Waals surface area contributed by atoms with Crippen molar-refractivity contribution < 1.29 is 62.4 Å². The van der Waals surface area contributed by atoms with E-state index in [1.54, 1.807) is 19.3 Å². The fourth-order valence-corrected chi connectivity index (χ4v) is 7.86. The van der Waals surface area contributed by atoms with Crippen molar-refractivity contribution in [3.8, 4) is 5.75 Å². The molecule has 3 aromatic rings. The van der Waals surface area contributed by atoms with Crippen molar-refractivity contribution in [2.24, 2.45) is 5.92 Å². The molecule has 2 fully saturated rings. The quantitative estimate of drug-likeness (QED) is 0.108. The summed E-state index contributed by atoms with van der Waals surface area (Å²) in [6, 6.07) is 4.91. The molecule has 0 unspecified atom stereocenters. The Morgan fingerprint density at radius 2 is 1.70 bits per heavy atom. The Morgan fingerprint density at radius 3 is 2.35 bits per heavy atom. The molecule has 1 aromatic carbocycles. The molecule has 5 atom stereocenters. The molecule has 0 radical (unpaired) electrons. The van der Waals surface area contributed by atoms with Gasteiger partial charge >= 0.3 is 23.8 Å². The second kappa shape index (κ2) is 17.9. The molecule has 312 valence electrons. The molecule has 1 aliphatic heterocycles. The van der Waals surface area contributed by atoms with Gasteiger partial charge in [0.2, 0.25) is 16.3 Å². The molecule has 23 heteroatoms. The van der Waals surface area contributed by atoms with Crippen LogP contribution in [0.4, 0.5) is 21.1 Å². The van der Waals surface area contributed by atoms with E-state index in [-0.39, 0.29) is 36.4 Å². The fraction of sp³-hybridized carbons (Fsp3) is 0.559.